The second-order valence-electron chi connectivity index (χ2n) is 2.50. The Morgan fingerprint density at radius 2 is 2.07 bits per heavy atom. The molecule has 0 rings (SSSR count). The van der Waals surface area contributed by atoms with Crippen LogP contribution in [0.5, 0.6) is 0 Å². The van der Waals surface area contributed by atoms with E-state index in [9.17, 15) is 4.79 Å². The van der Waals surface area contributed by atoms with E-state index in [4.69, 9.17) is 17.2 Å². The second kappa shape index (κ2) is 9.35. The number of rotatable bonds is 6. The van der Waals surface area contributed by atoms with Gasteiger partial charge in [0.15, 0.2) is 0 Å². The van der Waals surface area contributed by atoms with Crippen LogP contribution in [0.4, 0.5) is 0 Å². The Morgan fingerprint density at radius 1 is 1.47 bits per heavy atom. The Morgan fingerprint density at radius 3 is 2.53 bits per heavy atom. The maximum atomic E-state index is 11.0. The molecule has 0 unspecified atom stereocenters. The van der Waals surface area contributed by atoms with Crippen molar-refractivity contribution in [1.29, 1.82) is 0 Å². The molecule has 6 N–H and O–H groups in total. The van der Waals surface area contributed by atoms with Gasteiger partial charge in [-0.2, -0.15) is 0 Å². The maximum Gasteiger partial charge on any atom is 0.323 e. The molecule has 0 saturated heterocycles. The summed E-state index contributed by atoms with van der Waals surface area (Å²) in [7, 11) is 0. The predicted molar refractivity (Wildman–Crippen MR) is 58.2 cm³/mol. The minimum Gasteiger partial charge on any atom is -0.465 e. The minimum atomic E-state index is -0.704. The monoisotopic (exact) mass is 240 g/mol. The molecule has 0 aliphatic carbocycles. The van der Waals surface area contributed by atoms with Crippen LogP contribution in [0.25, 0.3) is 0 Å². The Labute approximate surface area is 94.3 Å². The SMILES string of the molecule is CCOC(=O)[C@@H](N)CCON=C(N)N.Cl. The average molecular weight is 241 g/mol. The lowest BCUT2D eigenvalue weighted by atomic mass is 10.2. The number of nitrogens with zero attached hydrogens (tertiary/aromatic N) is 1. The van der Waals surface area contributed by atoms with Crippen LogP contribution in [-0.2, 0) is 14.4 Å². The number of guanidine groups is 1. The first kappa shape index (κ1) is 16.2. The van der Waals surface area contributed by atoms with Gasteiger partial charge in [0.05, 0.1) is 6.61 Å². The number of nitrogens with two attached hydrogens (primary N) is 3. The fraction of sp³-hybridized carbons (Fsp3) is 0.714. The van der Waals surface area contributed by atoms with Gasteiger partial charge in [0.25, 0.3) is 0 Å². The molecule has 0 bridgehead atoms. The zero-order valence-corrected chi connectivity index (χ0v) is 9.33. The first-order valence-electron chi connectivity index (χ1n) is 4.21. The molecule has 0 radical (unpaired) electrons. The van der Waals surface area contributed by atoms with Crippen LogP contribution < -0.4 is 17.2 Å². The highest BCUT2D eigenvalue weighted by atomic mass is 35.5. The van der Waals surface area contributed by atoms with Crippen molar-refractivity contribution in [2.24, 2.45) is 22.4 Å². The molecule has 1 atom stereocenters. The summed E-state index contributed by atoms with van der Waals surface area (Å²) in [5, 5.41) is 3.27. The van der Waals surface area contributed by atoms with E-state index in [1.807, 2.05) is 0 Å². The van der Waals surface area contributed by atoms with Crippen molar-refractivity contribution in [2.75, 3.05) is 13.2 Å². The zero-order valence-electron chi connectivity index (χ0n) is 8.51. The highest BCUT2D eigenvalue weighted by Gasteiger charge is 2.13. The summed E-state index contributed by atoms with van der Waals surface area (Å²) in [5.74, 6) is -0.629. The molecule has 0 aromatic heterocycles. The molecule has 0 saturated carbocycles. The van der Waals surface area contributed by atoms with Crippen molar-refractivity contribution in [3.05, 3.63) is 0 Å². The van der Waals surface area contributed by atoms with E-state index in [0.29, 0.717) is 13.0 Å². The van der Waals surface area contributed by atoms with Crippen molar-refractivity contribution in [3.63, 3.8) is 0 Å². The van der Waals surface area contributed by atoms with E-state index >= 15 is 0 Å². The molecule has 90 valence electrons. The van der Waals surface area contributed by atoms with E-state index in [1.165, 1.54) is 0 Å². The molecule has 0 aliphatic heterocycles. The van der Waals surface area contributed by atoms with Crippen LogP contribution in [-0.4, -0.2) is 31.2 Å². The number of esters is 1. The van der Waals surface area contributed by atoms with E-state index in [1.54, 1.807) is 6.92 Å². The summed E-state index contributed by atoms with van der Waals surface area (Å²) >= 11 is 0. The summed E-state index contributed by atoms with van der Waals surface area (Å²) in [6, 6.07) is -0.704. The summed E-state index contributed by atoms with van der Waals surface area (Å²) < 4.78 is 4.68. The van der Waals surface area contributed by atoms with Crippen molar-refractivity contribution in [2.45, 2.75) is 19.4 Å². The van der Waals surface area contributed by atoms with Gasteiger partial charge in [0.1, 0.15) is 12.6 Å². The minimum absolute atomic E-state index is 0. The number of oxime groups is 1. The van der Waals surface area contributed by atoms with E-state index in [0.717, 1.165) is 0 Å². The fourth-order valence-electron chi connectivity index (χ4n) is 0.667. The summed E-state index contributed by atoms with van der Waals surface area (Å²) in [4.78, 5) is 15.6. The number of carbonyl (C=O) groups is 1. The molecular weight excluding hydrogens is 224 g/mol. The van der Waals surface area contributed by atoms with Crippen LogP contribution in [0.3, 0.4) is 0 Å². The number of hydrogen-bond acceptors (Lipinski definition) is 5. The first-order valence-corrected chi connectivity index (χ1v) is 4.21. The third-order valence-corrected chi connectivity index (χ3v) is 1.28. The average Bonchev–Trinajstić information content (AvgIpc) is 2.12. The summed E-state index contributed by atoms with van der Waals surface area (Å²) in [6.45, 7) is 2.18. The highest BCUT2D eigenvalue weighted by molar-refractivity contribution is 5.85. The summed E-state index contributed by atoms with van der Waals surface area (Å²) in [5.41, 5.74) is 15.4. The molecule has 0 aromatic rings. The van der Waals surface area contributed by atoms with E-state index in [-0.39, 0.29) is 25.0 Å². The third kappa shape index (κ3) is 9.10. The molecule has 0 amide bonds. The van der Waals surface area contributed by atoms with Gasteiger partial charge in [0.2, 0.25) is 5.96 Å². The zero-order chi connectivity index (χ0) is 11.0. The maximum absolute atomic E-state index is 11.0. The van der Waals surface area contributed by atoms with E-state index in [2.05, 4.69) is 14.7 Å². The second-order valence-corrected chi connectivity index (χ2v) is 2.50. The standard InChI is InChI=1S/C7H16N4O3.ClH/c1-2-13-6(12)5(8)3-4-14-11-7(9)10;/h5H,2-4,8H2,1H3,(H4,9,10,11);1H/t5-;/m0./s1. The van der Waals surface area contributed by atoms with Crippen LogP contribution in [0.15, 0.2) is 5.16 Å². The lowest BCUT2D eigenvalue weighted by Gasteiger charge is -2.08. The van der Waals surface area contributed by atoms with Crippen LogP contribution in [0.2, 0.25) is 0 Å². The molecule has 0 fully saturated rings. The highest BCUT2D eigenvalue weighted by Crippen LogP contribution is 1.93. The van der Waals surface area contributed by atoms with Crippen molar-refractivity contribution in [3.8, 4) is 0 Å². The number of halogens is 1. The molecular formula is C7H17ClN4O3. The lowest BCUT2D eigenvalue weighted by Crippen LogP contribution is -2.33. The lowest BCUT2D eigenvalue weighted by molar-refractivity contribution is -0.145. The number of ether oxygens (including phenoxy) is 1. The van der Waals surface area contributed by atoms with E-state index < -0.39 is 12.0 Å². The van der Waals surface area contributed by atoms with Crippen molar-refractivity contribution < 1.29 is 14.4 Å². The summed E-state index contributed by atoms with van der Waals surface area (Å²) in [6.07, 6.45) is 0.301. The van der Waals surface area contributed by atoms with Crippen LogP contribution >= 0.6 is 12.4 Å². The predicted octanol–water partition coefficient (Wildman–Crippen LogP) is -1.11. The Kier molecular flexibility index (Phi) is 10.1. The van der Waals surface area contributed by atoms with Gasteiger partial charge in [-0.25, -0.2) is 0 Å². The first-order chi connectivity index (χ1) is 6.57. The Hall–Kier alpha value is -1.21. The Balaban J connectivity index is 0. The largest absolute Gasteiger partial charge is 0.465 e. The van der Waals surface area contributed by atoms with Crippen molar-refractivity contribution >= 4 is 24.3 Å². The molecule has 8 heteroatoms. The van der Waals surface area contributed by atoms with Gasteiger partial charge < -0.3 is 26.8 Å². The van der Waals surface area contributed by atoms with Crippen LogP contribution in [0, 0.1) is 0 Å². The Bertz CT molecular complexity index is 208. The van der Waals surface area contributed by atoms with Crippen molar-refractivity contribution in [1.82, 2.24) is 0 Å². The normalized spacial score (nSPS) is 10.8. The molecule has 0 aliphatic rings. The topological polar surface area (TPSA) is 126 Å². The molecule has 15 heavy (non-hydrogen) atoms. The van der Waals surface area contributed by atoms with Gasteiger partial charge in [-0.3, -0.25) is 4.79 Å². The molecule has 0 aromatic carbocycles. The molecule has 0 heterocycles. The fourth-order valence-corrected chi connectivity index (χ4v) is 0.667. The van der Waals surface area contributed by atoms with Gasteiger partial charge >= 0.3 is 5.97 Å². The smallest absolute Gasteiger partial charge is 0.323 e. The molecule has 7 nitrogen and oxygen atoms in total. The molecule has 0 spiro atoms. The van der Waals surface area contributed by atoms with Gasteiger partial charge in [-0.1, -0.05) is 0 Å². The van der Waals surface area contributed by atoms with Gasteiger partial charge in [0, 0.05) is 6.42 Å². The van der Waals surface area contributed by atoms with Gasteiger partial charge in [-0.05, 0) is 12.1 Å². The third-order valence-electron chi connectivity index (χ3n) is 1.28. The number of hydrogen-bond donors (Lipinski definition) is 3. The quantitative estimate of drug-likeness (QED) is 0.178. The van der Waals surface area contributed by atoms with Crippen LogP contribution in [0.1, 0.15) is 13.3 Å². The van der Waals surface area contributed by atoms with Gasteiger partial charge in [-0.15, -0.1) is 12.4 Å². The number of carbonyl (C=O) groups excluding carboxylic acids is 1.